The second-order valence-electron chi connectivity index (χ2n) is 5.93. The molecule has 1 fully saturated rings. The van der Waals surface area contributed by atoms with E-state index in [0.29, 0.717) is 10.6 Å². The Hall–Kier alpha value is -2.09. The molecule has 2 aromatic rings. The fraction of sp³-hybridized carbons (Fsp3) is 0.278. The van der Waals surface area contributed by atoms with Crippen LogP contribution in [0, 0.1) is 0 Å². The summed E-state index contributed by atoms with van der Waals surface area (Å²) in [5.74, 6) is -0.476. The van der Waals surface area contributed by atoms with Crippen molar-refractivity contribution in [2.45, 2.75) is 30.4 Å². The molecule has 0 atom stereocenters. The van der Waals surface area contributed by atoms with Crippen LogP contribution in [0.15, 0.2) is 47.4 Å². The molecule has 0 heterocycles. The first-order chi connectivity index (χ1) is 12.4. The topological polar surface area (TPSA) is 81.7 Å². The molecular weight excluding hydrogens is 378 g/mol. The Morgan fingerprint density at radius 3 is 2.62 bits per heavy atom. The number of nitrogens with one attached hydrogen (secondary N) is 1. The molecule has 0 unspecified atom stereocenters. The van der Waals surface area contributed by atoms with E-state index in [9.17, 15) is 13.2 Å². The average Bonchev–Trinajstić information content (AvgIpc) is 3.43. The minimum Gasteiger partial charge on any atom is -0.495 e. The molecule has 2 aromatic carbocycles. The lowest BCUT2D eigenvalue weighted by Crippen LogP contribution is -2.26. The number of sulfonamides is 1. The zero-order chi connectivity index (χ0) is 18.7. The van der Waals surface area contributed by atoms with Gasteiger partial charge in [-0.05, 0) is 37.1 Å². The van der Waals surface area contributed by atoms with Gasteiger partial charge in [0.25, 0.3) is 0 Å². The average molecular weight is 396 g/mol. The van der Waals surface area contributed by atoms with Gasteiger partial charge in [-0.2, -0.15) is 0 Å². The maximum Gasteiger partial charge on any atom is 0.338 e. The number of halogens is 1. The first kappa shape index (κ1) is 18.7. The van der Waals surface area contributed by atoms with Gasteiger partial charge in [0, 0.05) is 16.6 Å². The molecule has 1 N–H and O–H groups in total. The highest BCUT2D eigenvalue weighted by Crippen LogP contribution is 2.28. The lowest BCUT2D eigenvalue weighted by Gasteiger charge is -2.12. The van der Waals surface area contributed by atoms with Crippen LogP contribution in [0.5, 0.6) is 5.75 Å². The Balaban J connectivity index is 1.80. The quantitative estimate of drug-likeness (QED) is 0.728. The molecule has 1 saturated carbocycles. The van der Waals surface area contributed by atoms with Crippen molar-refractivity contribution in [1.82, 2.24) is 4.72 Å². The molecule has 0 amide bonds. The van der Waals surface area contributed by atoms with Gasteiger partial charge in [-0.25, -0.2) is 17.9 Å². The third-order valence-electron chi connectivity index (χ3n) is 3.90. The minimum atomic E-state index is -3.77. The molecule has 1 aliphatic carbocycles. The van der Waals surface area contributed by atoms with E-state index in [1.54, 1.807) is 24.3 Å². The lowest BCUT2D eigenvalue weighted by molar-refractivity contribution is 0.0472. The number of carbonyl (C=O) groups excluding carboxylic acids is 1. The van der Waals surface area contributed by atoms with Gasteiger partial charge in [-0.3, -0.25) is 0 Å². The van der Waals surface area contributed by atoms with Gasteiger partial charge in [-0.15, -0.1) is 0 Å². The fourth-order valence-electron chi connectivity index (χ4n) is 2.34. The van der Waals surface area contributed by atoms with Gasteiger partial charge in [-0.1, -0.05) is 29.8 Å². The summed E-state index contributed by atoms with van der Waals surface area (Å²) in [4.78, 5) is 12.2. The van der Waals surface area contributed by atoms with E-state index in [4.69, 9.17) is 21.1 Å². The summed E-state index contributed by atoms with van der Waals surface area (Å²) in [6.45, 7) is -0.00700. The second-order valence-corrected chi connectivity index (χ2v) is 8.02. The number of methoxy groups -OCH3 is 1. The summed E-state index contributed by atoms with van der Waals surface area (Å²) >= 11 is 6.04. The van der Waals surface area contributed by atoms with E-state index < -0.39 is 16.0 Å². The van der Waals surface area contributed by atoms with E-state index >= 15 is 0 Å². The van der Waals surface area contributed by atoms with Crippen LogP contribution >= 0.6 is 11.6 Å². The highest BCUT2D eigenvalue weighted by atomic mass is 35.5. The van der Waals surface area contributed by atoms with Crippen LogP contribution in [-0.2, 0) is 21.4 Å². The van der Waals surface area contributed by atoms with Gasteiger partial charge < -0.3 is 9.47 Å². The Bertz CT molecular complexity index is 925. The number of hydrogen-bond acceptors (Lipinski definition) is 5. The number of carbonyl (C=O) groups is 1. The minimum absolute atomic E-state index is 0.00700. The molecule has 0 spiro atoms. The van der Waals surface area contributed by atoms with E-state index in [-0.39, 0.29) is 28.9 Å². The Labute approximate surface area is 157 Å². The first-order valence-electron chi connectivity index (χ1n) is 8.01. The maximum atomic E-state index is 12.5. The number of benzene rings is 2. The van der Waals surface area contributed by atoms with Crippen molar-refractivity contribution < 1.29 is 22.7 Å². The van der Waals surface area contributed by atoms with Gasteiger partial charge in [0.2, 0.25) is 10.0 Å². The highest BCUT2D eigenvalue weighted by molar-refractivity contribution is 7.89. The predicted octanol–water partition coefficient (Wildman–Crippen LogP) is 3.15. The molecule has 1 aliphatic rings. The normalized spacial score (nSPS) is 14.1. The van der Waals surface area contributed by atoms with Crippen molar-refractivity contribution >= 4 is 27.6 Å². The number of ether oxygens (including phenoxy) is 2. The molecule has 0 saturated heterocycles. The van der Waals surface area contributed by atoms with Crippen LogP contribution in [0.1, 0.15) is 28.8 Å². The molecule has 3 rings (SSSR count). The van der Waals surface area contributed by atoms with Gasteiger partial charge in [0.05, 0.1) is 12.7 Å². The van der Waals surface area contributed by atoms with E-state index in [2.05, 4.69) is 4.72 Å². The second kappa shape index (κ2) is 7.65. The van der Waals surface area contributed by atoms with E-state index in [1.165, 1.54) is 25.3 Å². The molecule has 0 aliphatic heterocycles. The molecule has 0 radical (unpaired) electrons. The van der Waals surface area contributed by atoms with Crippen molar-refractivity contribution in [3.63, 3.8) is 0 Å². The van der Waals surface area contributed by atoms with Crippen LogP contribution in [0.2, 0.25) is 5.02 Å². The monoisotopic (exact) mass is 395 g/mol. The maximum absolute atomic E-state index is 12.5. The van der Waals surface area contributed by atoms with E-state index in [1.807, 2.05) is 0 Å². The largest absolute Gasteiger partial charge is 0.495 e. The third kappa shape index (κ3) is 4.35. The predicted molar refractivity (Wildman–Crippen MR) is 96.9 cm³/mol. The van der Waals surface area contributed by atoms with Crippen LogP contribution in [-0.4, -0.2) is 27.5 Å². The molecule has 0 aromatic heterocycles. The summed E-state index contributed by atoms with van der Waals surface area (Å²) in [5, 5.41) is 0.493. The Morgan fingerprint density at radius 1 is 1.23 bits per heavy atom. The molecule has 138 valence electrons. The standard InChI is InChI=1S/C18H18ClNO5S/c1-24-16-9-6-12(10-17(16)26(22,23)20-14-7-8-14)18(21)25-11-13-4-2-3-5-15(13)19/h2-6,9-10,14,20H,7-8,11H2,1H3. The van der Waals surface area contributed by atoms with Crippen molar-refractivity contribution in [1.29, 1.82) is 0 Å². The summed E-state index contributed by atoms with van der Waals surface area (Å²) < 4.78 is 38.0. The molecule has 26 heavy (non-hydrogen) atoms. The van der Waals surface area contributed by atoms with Crippen molar-refractivity contribution in [3.05, 3.63) is 58.6 Å². The smallest absolute Gasteiger partial charge is 0.338 e. The Morgan fingerprint density at radius 2 is 1.96 bits per heavy atom. The van der Waals surface area contributed by atoms with Crippen LogP contribution < -0.4 is 9.46 Å². The van der Waals surface area contributed by atoms with E-state index in [0.717, 1.165) is 12.8 Å². The summed E-state index contributed by atoms with van der Waals surface area (Å²) in [5.41, 5.74) is 0.785. The van der Waals surface area contributed by atoms with Crippen LogP contribution in [0.3, 0.4) is 0 Å². The number of rotatable bonds is 7. The molecule has 0 bridgehead atoms. The zero-order valence-electron chi connectivity index (χ0n) is 14.1. The van der Waals surface area contributed by atoms with Gasteiger partial charge in [0.15, 0.2) is 0 Å². The zero-order valence-corrected chi connectivity index (χ0v) is 15.6. The first-order valence-corrected chi connectivity index (χ1v) is 9.88. The number of hydrogen-bond donors (Lipinski definition) is 1. The van der Waals surface area contributed by atoms with Crippen LogP contribution in [0.25, 0.3) is 0 Å². The molecular formula is C18H18ClNO5S. The number of esters is 1. The Kier molecular flexibility index (Phi) is 5.50. The third-order valence-corrected chi connectivity index (χ3v) is 5.82. The SMILES string of the molecule is COc1ccc(C(=O)OCc2ccccc2Cl)cc1S(=O)(=O)NC1CC1. The fourth-order valence-corrected chi connectivity index (χ4v) is 4.03. The molecule has 6 nitrogen and oxygen atoms in total. The van der Waals surface area contributed by atoms with Gasteiger partial charge in [0.1, 0.15) is 17.3 Å². The van der Waals surface area contributed by atoms with Crippen molar-refractivity contribution in [2.24, 2.45) is 0 Å². The van der Waals surface area contributed by atoms with Crippen LogP contribution in [0.4, 0.5) is 0 Å². The van der Waals surface area contributed by atoms with Crippen molar-refractivity contribution in [2.75, 3.05) is 7.11 Å². The lowest BCUT2D eigenvalue weighted by atomic mass is 10.2. The summed E-state index contributed by atoms with van der Waals surface area (Å²) in [7, 11) is -2.40. The summed E-state index contributed by atoms with van der Waals surface area (Å²) in [6.07, 6.45) is 1.61. The van der Waals surface area contributed by atoms with Crippen molar-refractivity contribution in [3.8, 4) is 5.75 Å². The van der Waals surface area contributed by atoms with Gasteiger partial charge >= 0.3 is 5.97 Å². The highest BCUT2D eigenvalue weighted by Gasteiger charge is 2.30. The summed E-state index contributed by atoms with van der Waals surface area (Å²) in [6, 6.07) is 11.1. The molecule has 8 heteroatoms.